The van der Waals surface area contributed by atoms with Crippen LogP contribution in [0.4, 0.5) is 0 Å². The van der Waals surface area contributed by atoms with Crippen molar-refractivity contribution in [1.29, 1.82) is 0 Å². The van der Waals surface area contributed by atoms with Gasteiger partial charge in [0.25, 0.3) is 0 Å². The molecule has 2 aromatic carbocycles. The smallest absolute Gasteiger partial charge is 0.126 e. The van der Waals surface area contributed by atoms with Gasteiger partial charge in [-0.3, -0.25) is 0 Å². The van der Waals surface area contributed by atoms with Crippen molar-refractivity contribution in [2.45, 2.75) is 69.0 Å². The van der Waals surface area contributed by atoms with Gasteiger partial charge < -0.3 is 29.9 Å². The molecule has 6 heteroatoms. The van der Waals surface area contributed by atoms with E-state index >= 15 is 0 Å². The van der Waals surface area contributed by atoms with Crippen molar-refractivity contribution in [3.63, 3.8) is 0 Å². The molecule has 3 unspecified atom stereocenters. The fourth-order valence-electron chi connectivity index (χ4n) is 4.94. The molecule has 1 saturated heterocycles. The fourth-order valence-corrected chi connectivity index (χ4v) is 4.94. The SMILES string of the molecule is Cc1c(Cc2ccc(C3CC3)cc2)cc(C2OC(CO)[C@@H](O)C(O)[C@H]2O)c2c1OCC2. The molecule has 1 aliphatic carbocycles. The predicted octanol–water partition coefficient (Wildman–Crippen LogP) is 1.91. The maximum Gasteiger partial charge on any atom is 0.126 e. The number of aliphatic hydroxyl groups is 4. The van der Waals surface area contributed by atoms with Crippen LogP contribution in [0.15, 0.2) is 30.3 Å². The van der Waals surface area contributed by atoms with Gasteiger partial charge in [-0.15, -0.1) is 0 Å². The summed E-state index contributed by atoms with van der Waals surface area (Å²) in [7, 11) is 0. The highest BCUT2D eigenvalue weighted by Gasteiger charge is 2.45. The first kappa shape index (κ1) is 20.9. The van der Waals surface area contributed by atoms with Crippen molar-refractivity contribution in [2.75, 3.05) is 13.2 Å². The molecule has 2 heterocycles. The third-order valence-corrected chi connectivity index (χ3v) is 6.99. The van der Waals surface area contributed by atoms with Gasteiger partial charge in [0, 0.05) is 12.0 Å². The lowest BCUT2D eigenvalue weighted by atomic mass is 9.85. The Morgan fingerprint density at radius 2 is 1.74 bits per heavy atom. The molecule has 5 atom stereocenters. The summed E-state index contributed by atoms with van der Waals surface area (Å²) in [6, 6.07) is 10.8. The molecule has 0 bridgehead atoms. The van der Waals surface area contributed by atoms with E-state index in [1.807, 2.05) is 6.07 Å². The zero-order valence-corrected chi connectivity index (χ0v) is 17.7. The van der Waals surface area contributed by atoms with Crippen molar-refractivity contribution in [2.24, 2.45) is 0 Å². The number of rotatable bonds is 5. The highest BCUT2D eigenvalue weighted by atomic mass is 16.5. The predicted molar refractivity (Wildman–Crippen MR) is 114 cm³/mol. The van der Waals surface area contributed by atoms with Crippen molar-refractivity contribution in [3.8, 4) is 5.75 Å². The Morgan fingerprint density at radius 1 is 1.00 bits per heavy atom. The fraction of sp³-hybridized carbons (Fsp3) is 0.520. The van der Waals surface area contributed by atoms with Gasteiger partial charge in [0.1, 0.15) is 36.3 Å². The summed E-state index contributed by atoms with van der Waals surface area (Å²) in [5.41, 5.74) is 6.48. The van der Waals surface area contributed by atoms with Crippen LogP contribution in [-0.4, -0.2) is 58.1 Å². The first-order valence-electron chi connectivity index (χ1n) is 11.1. The number of hydrogen-bond donors (Lipinski definition) is 4. The Labute approximate surface area is 182 Å². The average Bonchev–Trinajstić information content (AvgIpc) is 3.51. The molecular weight excluding hydrogens is 396 g/mol. The van der Waals surface area contributed by atoms with Crippen LogP contribution in [-0.2, 0) is 17.6 Å². The van der Waals surface area contributed by atoms with E-state index in [4.69, 9.17) is 9.47 Å². The van der Waals surface area contributed by atoms with Crippen LogP contribution < -0.4 is 4.74 Å². The minimum absolute atomic E-state index is 0.438. The van der Waals surface area contributed by atoms with E-state index in [0.29, 0.717) is 13.0 Å². The molecule has 0 amide bonds. The van der Waals surface area contributed by atoms with E-state index in [9.17, 15) is 20.4 Å². The van der Waals surface area contributed by atoms with Crippen molar-refractivity contribution >= 4 is 0 Å². The van der Waals surface area contributed by atoms with Gasteiger partial charge in [0.05, 0.1) is 13.2 Å². The van der Waals surface area contributed by atoms with Crippen LogP contribution in [0.1, 0.15) is 58.2 Å². The van der Waals surface area contributed by atoms with Gasteiger partial charge in [-0.05, 0) is 59.9 Å². The number of benzene rings is 2. The lowest BCUT2D eigenvalue weighted by Crippen LogP contribution is -2.55. The second-order valence-corrected chi connectivity index (χ2v) is 9.10. The Morgan fingerprint density at radius 3 is 2.42 bits per heavy atom. The van der Waals surface area contributed by atoms with Gasteiger partial charge in [-0.1, -0.05) is 30.3 Å². The first-order valence-corrected chi connectivity index (χ1v) is 11.1. The lowest BCUT2D eigenvalue weighted by molar-refractivity contribution is -0.231. The number of hydrogen-bond acceptors (Lipinski definition) is 6. The van der Waals surface area contributed by atoms with Crippen molar-refractivity contribution in [1.82, 2.24) is 0 Å². The molecule has 2 aromatic rings. The second-order valence-electron chi connectivity index (χ2n) is 9.10. The van der Waals surface area contributed by atoms with Gasteiger partial charge in [-0.2, -0.15) is 0 Å². The van der Waals surface area contributed by atoms with Crippen molar-refractivity contribution in [3.05, 3.63) is 63.7 Å². The Balaban J connectivity index is 1.50. The Bertz CT molecular complexity index is 949. The van der Waals surface area contributed by atoms with E-state index in [1.165, 1.54) is 24.0 Å². The molecule has 2 aliphatic heterocycles. The van der Waals surface area contributed by atoms with E-state index in [-0.39, 0.29) is 0 Å². The van der Waals surface area contributed by atoms with Crippen LogP contribution in [0.2, 0.25) is 0 Å². The zero-order chi connectivity index (χ0) is 21.7. The first-order chi connectivity index (χ1) is 15.0. The molecule has 0 aromatic heterocycles. The van der Waals surface area contributed by atoms with Crippen LogP contribution in [0.25, 0.3) is 0 Å². The molecule has 3 aliphatic rings. The molecule has 6 nitrogen and oxygen atoms in total. The molecule has 31 heavy (non-hydrogen) atoms. The molecule has 5 rings (SSSR count). The minimum Gasteiger partial charge on any atom is -0.493 e. The normalized spacial score (nSPS) is 30.2. The minimum atomic E-state index is -1.39. The van der Waals surface area contributed by atoms with Gasteiger partial charge in [-0.25, -0.2) is 0 Å². The van der Waals surface area contributed by atoms with Crippen LogP contribution in [0.3, 0.4) is 0 Å². The van der Waals surface area contributed by atoms with Gasteiger partial charge >= 0.3 is 0 Å². The second kappa shape index (κ2) is 8.19. The third-order valence-electron chi connectivity index (χ3n) is 6.99. The quantitative estimate of drug-likeness (QED) is 0.583. The largest absolute Gasteiger partial charge is 0.493 e. The number of ether oxygens (including phenoxy) is 2. The summed E-state index contributed by atoms with van der Waals surface area (Å²) in [5, 5.41) is 40.7. The van der Waals surface area contributed by atoms with E-state index in [0.717, 1.165) is 40.3 Å². The van der Waals surface area contributed by atoms with Crippen LogP contribution in [0, 0.1) is 6.92 Å². The third kappa shape index (κ3) is 3.77. The highest BCUT2D eigenvalue weighted by molar-refractivity contribution is 5.54. The summed E-state index contributed by atoms with van der Waals surface area (Å²) >= 11 is 0. The summed E-state index contributed by atoms with van der Waals surface area (Å²) in [6.07, 6.45) is -1.86. The van der Waals surface area contributed by atoms with E-state index < -0.39 is 37.1 Å². The maximum atomic E-state index is 10.7. The summed E-state index contributed by atoms with van der Waals surface area (Å²) < 4.78 is 11.8. The molecule has 0 radical (unpaired) electrons. The average molecular weight is 427 g/mol. The van der Waals surface area contributed by atoms with E-state index in [2.05, 4.69) is 31.2 Å². The number of aliphatic hydroxyl groups excluding tert-OH is 4. The number of fused-ring (bicyclic) bond motifs is 1. The Kier molecular flexibility index (Phi) is 5.52. The lowest BCUT2D eigenvalue weighted by Gasteiger charge is -2.41. The molecule has 2 fully saturated rings. The van der Waals surface area contributed by atoms with Gasteiger partial charge in [0.15, 0.2) is 0 Å². The molecule has 4 N–H and O–H groups in total. The summed E-state index contributed by atoms with van der Waals surface area (Å²) in [6.45, 7) is 2.17. The highest BCUT2D eigenvalue weighted by Crippen LogP contribution is 2.43. The topological polar surface area (TPSA) is 99.4 Å². The standard InChI is InChI=1S/C25H30O6/c1-13-17(10-14-2-4-15(5-3-14)16-6-7-16)11-19(18-8-9-30-24(13)18)25-23(29)22(28)21(27)20(12-26)31-25/h2-5,11,16,20-23,25-29H,6-10,12H2,1H3/t20?,21-,22?,23-,25?/m1/s1. The monoisotopic (exact) mass is 426 g/mol. The summed E-state index contributed by atoms with van der Waals surface area (Å²) in [5.74, 6) is 1.54. The zero-order valence-electron chi connectivity index (χ0n) is 17.7. The Hall–Kier alpha value is -1.96. The maximum absolute atomic E-state index is 10.7. The van der Waals surface area contributed by atoms with Crippen LogP contribution in [0.5, 0.6) is 5.75 Å². The van der Waals surface area contributed by atoms with Gasteiger partial charge in [0.2, 0.25) is 0 Å². The van der Waals surface area contributed by atoms with Crippen molar-refractivity contribution < 1.29 is 29.9 Å². The molecule has 1 saturated carbocycles. The molecule has 0 spiro atoms. The molecule has 166 valence electrons. The van der Waals surface area contributed by atoms with Crippen LogP contribution >= 0.6 is 0 Å². The summed E-state index contributed by atoms with van der Waals surface area (Å²) in [4.78, 5) is 0. The molecular formula is C25H30O6. The van der Waals surface area contributed by atoms with E-state index in [1.54, 1.807) is 0 Å².